The number of carbonyl (C=O) groups is 2. The van der Waals surface area contributed by atoms with Crippen LogP contribution in [0.5, 0.6) is 0 Å². The minimum atomic E-state index is -0.687. The van der Waals surface area contributed by atoms with Gasteiger partial charge in [-0.1, -0.05) is 6.07 Å². The van der Waals surface area contributed by atoms with Crippen LogP contribution in [0.1, 0.15) is 65.9 Å². The van der Waals surface area contributed by atoms with Crippen LogP contribution in [-0.2, 0) is 14.4 Å². The molecule has 7 heteroatoms. The third-order valence-electron chi connectivity index (χ3n) is 4.38. The van der Waals surface area contributed by atoms with Gasteiger partial charge in [0.15, 0.2) is 0 Å². The minimum absolute atomic E-state index is 0.0922. The van der Waals surface area contributed by atoms with Gasteiger partial charge in [-0.3, -0.25) is 5.32 Å². The first-order chi connectivity index (χ1) is 12.8. The second-order valence-electron chi connectivity index (χ2n) is 9.20. The lowest BCUT2D eigenvalue weighted by molar-refractivity contribution is -0.204. The number of benzene rings is 1. The van der Waals surface area contributed by atoms with Crippen LogP contribution in [-0.4, -0.2) is 35.8 Å². The molecule has 1 aliphatic rings. The topological polar surface area (TPSA) is 67.9 Å². The van der Waals surface area contributed by atoms with Crippen LogP contribution in [0.4, 0.5) is 14.9 Å². The highest BCUT2D eigenvalue weighted by molar-refractivity contribution is 5.85. The zero-order valence-electron chi connectivity index (χ0n) is 17.6. The number of rotatable bonds is 3. The Bertz CT molecular complexity index is 714. The number of halogens is 1. The van der Waals surface area contributed by atoms with Crippen molar-refractivity contribution in [3.8, 4) is 0 Å². The minimum Gasteiger partial charge on any atom is -0.444 e. The van der Waals surface area contributed by atoms with Gasteiger partial charge in [-0.15, -0.1) is 5.06 Å². The summed E-state index contributed by atoms with van der Waals surface area (Å²) in [5.41, 5.74) is -0.231. The first kappa shape index (κ1) is 22.1. The van der Waals surface area contributed by atoms with Crippen molar-refractivity contribution in [3.63, 3.8) is 0 Å². The predicted molar refractivity (Wildman–Crippen MR) is 105 cm³/mol. The van der Waals surface area contributed by atoms with E-state index in [2.05, 4.69) is 5.32 Å². The average molecular weight is 394 g/mol. The lowest BCUT2D eigenvalue weighted by Crippen LogP contribution is -2.38. The molecule has 6 nitrogen and oxygen atoms in total. The Morgan fingerprint density at radius 3 is 2.21 bits per heavy atom. The Kier molecular flexibility index (Phi) is 6.70. The van der Waals surface area contributed by atoms with Crippen molar-refractivity contribution >= 4 is 17.7 Å². The van der Waals surface area contributed by atoms with Gasteiger partial charge < -0.3 is 9.57 Å². The second kappa shape index (κ2) is 8.47. The second-order valence-corrected chi connectivity index (χ2v) is 9.20. The van der Waals surface area contributed by atoms with Crippen LogP contribution in [0, 0.1) is 11.2 Å². The third kappa shape index (κ3) is 6.48. The van der Waals surface area contributed by atoms with Gasteiger partial charge in [0.05, 0.1) is 11.1 Å². The Morgan fingerprint density at radius 2 is 1.71 bits per heavy atom. The Labute approximate surface area is 166 Å². The van der Waals surface area contributed by atoms with Crippen LogP contribution in [0.2, 0.25) is 0 Å². The molecular weight excluding hydrogens is 363 g/mol. The average Bonchev–Trinajstić information content (AvgIpc) is 2.55. The molecular formula is C21H31FN2O4. The fraction of sp³-hybridized carbons (Fsp3) is 0.619. The molecule has 0 aromatic heterocycles. The summed E-state index contributed by atoms with van der Waals surface area (Å²) >= 11 is 0. The number of amides is 1. The molecule has 0 saturated carbocycles. The summed E-state index contributed by atoms with van der Waals surface area (Å²) in [5.74, 6) is -0.575. The van der Waals surface area contributed by atoms with Crippen molar-refractivity contribution in [2.75, 3.05) is 18.4 Å². The van der Waals surface area contributed by atoms with Gasteiger partial charge in [0.2, 0.25) is 0 Å². The van der Waals surface area contributed by atoms with E-state index in [9.17, 15) is 14.0 Å². The summed E-state index contributed by atoms with van der Waals surface area (Å²) in [6.07, 6.45) is 0.832. The summed E-state index contributed by atoms with van der Waals surface area (Å²) in [7, 11) is 0. The number of nitrogens with one attached hydrogen (secondary N) is 1. The van der Waals surface area contributed by atoms with Gasteiger partial charge in [0.1, 0.15) is 11.4 Å². The van der Waals surface area contributed by atoms with Crippen molar-refractivity contribution in [1.29, 1.82) is 0 Å². The molecule has 0 bridgehead atoms. The Balaban J connectivity index is 1.93. The van der Waals surface area contributed by atoms with E-state index in [0.29, 0.717) is 13.1 Å². The molecule has 1 fully saturated rings. The van der Waals surface area contributed by atoms with Gasteiger partial charge in [-0.2, -0.15) is 0 Å². The number of nitrogens with zero attached hydrogens (tertiary/aromatic N) is 1. The lowest BCUT2D eigenvalue weighted by Gasteiger charge is -2.32. The highest BCUT2D eigenvalue weighted by Crippen LogP contribution is 2.31. The molecule has 1 aromatic rings. The number of hydroxylamine groups is 2. The zero-order valence-corrected chi connectivity index (χ0v) is 17.6. The van der Waals surface area contributed by atoms with E-state index in [4.69, 9.17) is 9.57 Å². The quantitative estimate of drug-likeness (QED) is 0.793. The Hall–Kier alpha value is -2.15. The fourth-order valence-electron chi connectivity index (χ4n) is 2.83. The van der Waals surface area contributed by atoms with Crippen molar-refractivity contribution in [1.82, 2.24) is 5.06 Å². The summed E-state index contributed by atoms with van der Waals surface area (Å²) in [6, 6.07) is 4.83. The van der Waals surface area contributed by atoms with Crippen LogP contribution < -0.4 is 5.32 Å². The predicted octanol–water partition coefficient (Wildman–Crippen LogP) is 4.86. The first-order valence-electron chi connectivity index (χ1n) is 9.62. The molecule has 1 heterocycles. The molecule has 0 atom stereocenters. The normalized spacial score (nSPS) is 16.5. The standard InChI is InChI=1S/C21H31FN2O4/c1-20(2,3)18(25)28-24-11-9-14(10-12-24)15-7-8-17(16(22)13-15)23-19(26)27-21(4,5)6/h7-8,13-14H,9-12H2,1-6H3,(H,23,26). The molecule has 1 N–H and O–H groups in total. The molecule has 28 heavy (non-hydrogen) atoms. The summed E-state index contributed by atoms with van der Waals surface area (Å²) in [4.78, 5) is 29.2. The molecule has 1 aromatic carbocycles. The fourth-order valence-corrected chi connectivity index (χ4v) is 2.83. The smallest absolute Gasteiger partial charge is 0.412 e. The maximum absolute atomic E-state index is 14.4. The SMILES string of the molecule is CC(C)(C)OC(=O)Nc1ccc(C2CCN(OC(=O)C(C)(C)C)CC2)cc1F. The molecule has 1 aliphatic heterocycles. The van der Waals surface area contributed by atoms with Gasteiger partial charge in [-0.25, -0.2) is 14.0 Å². The van der Waals surface area contributed by atoms with E-state index < -0.39 is 22.9 Å². The van der Waals surface area contributed by atoms with Crippen LogP contribution in [0.25, 0.3) is 0 Å². The number of hydrogen-bond donors (Lipinski definition) is 1. The number of ether oxygens (including phenoxy) is 1. The molecule has 1 saturated heterocycles. The highest BCUT2D eigenvalue weighted by atomic mass is 19.1. The van der Waals surface area contributed by atoms with Crippen LogP contribution >= 0.6 is 0 Å². The van der Waals surface area contributed by atoms with E-state index in [1.165, 1.54) is 6.07 Å². The van der Waals surface area contributed by atoms with E-state index in [1.54, 1.807) is 31.9 Å². The molecule has 2 rings (SSSR count). The summed E-state index contributed by atoms with van der Waals surface area (Å²) in [5, 5.41) is 4.12. The monoisotopic (exact) mass is 394 g/mol. The third-order valence-corrected chi connectivity index (χ3v) is 4.38. The van der Waals surface area contributed by atoms with Crippen molar-refractivity contribution < 1.29 is 23.6 Å². The molecule has 0 spiro atoms. The molecule has 156 valence electrons. The van der Waals surface area contributed by atoms with Gasteiger partial charge in [0, 0.05) is 13.1 Å². The molecule has 0 aliphatic carbocycles. The van der Waals surface area contributed by atoms with Gasteiger partial charge >= 0.3 is 12.1 Å². The van der Waals surface area contributed by atoms with Crippen molar-refractivity contribution in [2.45, 2.75) is 65.9 Å². The van der Waals surface area contributed by atoms with Crippen LogP contribution in [0.15, 0.2) is 18.2 Å². The first-order valence-corrected chi connectivity index (χ1v) is 9.62. The maximum atomic E-state index is 14.4. The molecule has 0 unspecified atom stereocenters. The van der Waals surface area contributed by atoms with Crippen molar-refractivity contribution in [3.05, 3.63) is 29.6 Å². The van der Waals surface area contributed by atoms with Gasteiger partial charge in [-0.05, 0) is 78.0 Å². The maximum Gasteiger partial charge on any atom is 0.412 e. The summed E-state index contributed by atoms with van der Waals surface area (Å²) in [6.45, 7) is 11.9. The van der Waals surface area contributed by atoms with Crippen LogP contribution in [0.3, 0.4) is 0 Å². The summed E-state index contributed by atoms with van der Waals surface area (Å²) < 4.78 is 19.6. The van der Waals surface area contributed by atoms with Gasteiger partial charge in [0.25, 0.3) is 0 Å². The number of carbonyl (C=O) groups excluding carboxylic acids is 2. The number of piperidine rings is 1. The largest absolute Gasteiger partial charge is 0.444 e. The number of hydrogen-bond acceptors (Lipinski definition) is 5. The molecule has 1 amide bonds. The molecule has 0 radical (unpaired) electrons. The van der Waals surface area contributed by atoms with E-state index in [0.717, 1.165) is 18.4 Å². The van der Waals surface area contributed by atoms with E-state index in [-0.39, 0.29) is 17.6 Å². The zero-order chi connectivity index (χ0) is 21.1. The lowest BCUT2D eigenvalue weighted by atomic mass is 9.90. The van der Waals surface area contributed by atoms with E-state index in [1.807, 2.05) is 26.8 Å². The van der Waals surface area contributed by atoms with E-state index >= 15 is 0 Å². The Morgan fingerprint density at radius 1 is 1.11 bits per heavy atom. The highest BCUT2D eigenvalue weighted by Gasteiger charge is 2.29. The number of anilines is 1. The van der Waals surface area contributed by atoms with Crippen molar-refractivity contribution in [2.24, 2.45) is 5.41 Å².